The average molecular weight is 458 g/mol. The number of benzene rings is 2. The largest absolute Gasteiger partial charge is 0.453 e. The second-order valence-electron chi connectivity index (χ2n) is 4.56. The van der Waals surface area contributed by atoms with E-state index in [2.05, 4.69) is 36.8 Å². The third-order valence-corrected chi connectivity index (χ3v) is 4.60. The van der Waals surface area contributed by atoms with Gasteiger partial charge in [-0.3, -0.25) is 10.1 Å². The minimum atomic E-state index is -0.474. The molecule has 0 atom stereocenters. The molecule has 0 bridgehead atoms. The number of nitrogens with zero attached hydrogens (tertiary/aromatic N) is 2. The van der Waals surface area contributed by atoms with Crippen molar-refractivity contribution in [2.45, 2.75) is 0 Å². The van der Waals surface area contributed by atoms with E-state index >= 15 is 0 Å². The lowest BCUT2D eigenvalue weighted by Gasteiger charge is -2.12. The van der Waals surface area contributed by atoms with E-state index in [0.29, 0.717) is 25.6 Å². The van der Waals surface area contributed by atoms with Crippen molar-refractivity contribution >= 4 is 59.9 Å². The van der Waals surface area contributed by atoms with E-state index in [1.54, 1.807) is 0 Å². The molecule has 1 heterocycles. The van der Waals surface area contributed by atoms with Crippen molar-refractivity contribution in [2.24, 2.45) is 0 Å². The molecule has 116 valence electrons. The van der Waals surface area contributed by atoms with E-state index in [1.807, 2.05) is 24.3 Å². The van der Waals surface area contributed by atoms with Gasteiger partial charge in [-0.25, -0.2) is 4.98 Å². The Bertz CT molecular complexity index is 911. The Morgan fingerprint density at radius 1 is 1.13 bits per heavy atom. The monoisotopic (exact) mass is 456 g/mol. The summed E-state index contributed by atoms with van der Waals surface area (Å²) in [6, 6.07) is 10.2. The van der Waals surface area contributed by atoms with Gasteiger partial charge in [-0.2, -0.15) is 0 Å². The van der Waals surface area contributed by atoms with E-state index in [0.717, 1.165) is 10.8 Å². The molecule has 0 N–H and O–H groups in total. The van der Waals surface area contributed by atoms with Crippen molar-refractivity contribution in [3.05, 3.63) is 66.8 Å². The molecule has 5 nitrogen and oxygen atoms in total. The van der Waals surface area contributed by atoms with Gasteiger partial charge in [-0.15, -0.1) is 0 Å². The molecule has 0 saturated heterocycles. The predicted molar refractivity (Wildman–Crippen MR) is 95.3 cm³/mol. The van der Waals surface area contributed by atoms with Gasteiger partial charge in [0.1, 0.15) is 5.15 Å². The van der Waals surface area contributed by atoms with Crippen molar-refractivity contribution < 1.29 is 9.66 Å². The Hall–Kier alpha value is -1.70. The number of aromatic nitrogens is 1. The van der Waals surface area contributed by atoms with Gasteiger partial charge in [0.2, 0.25) is 0 Å². The Morgan fingerprint density at radius 3 is 2.35 bits per heavy atom. The van der Waals surface area contributed by atoms with Crippen LogP contribution < -0.4 is 4.74 Å². The van der Waals surface area contributed by atoms with Gasteiger partial charge in [0.15, 0.2) is 11.5 Å². The zero-order valence-corrected chi connectivity index (χ0v) is 15.2. The molecule has 0 radical (unpaired) electrons. The third kappa shape index (κ3) is 3.17. The van der Waals surface area contributed by atoms with Gasteiger partial charge >= 0.3 is 0 Å². The molecule has 0 aliphatic heterocycles. The maximum absolute atomic E-state index is 10.9. The van der Waals surface area contributed by atoms with Gasteiger partial charge in [0.05, 0.1) is 20.1 Å². The fourth-order valence-corrected chi connectivity index (χ4v) is 3.61. The maximum atomic E-state index is 10.9. The zero-order valence-electron chi connectivity index (χ0n) is 11.3. The summed E-state index contributed by atoms with van der Waals surface area (Å²) in [5.74, 6) is 0.921. The summed E-state index contributed by atoms with van der Waals surface area (Å²) in [5.41, 5.74) is -0.0461. The van der Waals surface area contributed by atoms with Gasteiger partial charge in [0, 0.05) is 22.9 Å². The highest BCUT2D eigenvalue weighted by Gasteiger charge is 2.17. The van der Waals surface area contributed by atoms with Crippen molar-refractivity contribution in [3.8, 4) is 11.5 Å². The van der Waals surface area contributed by atoms with Crippen molar-refractivity contribution in [3.63, 3.8) is 0 Å². The first-order valence-corrected chi connectivity index (χ1v) is 8.28. The normalized spacial score (nSPS) is 10.7. The van der Waals surface area contributed by atoms with Crippen LogP contribution in [0.5, 0.6) is 11.5 Å². The molecule has 8 heteroatoms. The third-order valence-electron chi connectivity index (χ3n) is 3.12. The Kier molecular flexibility index (Phi) is 4.52. The van der Waals surface area contributed by atoms with Crippen LogP contribution in [0, 0.1) is 10.1 Å². The summed E-state index contributed by atoms with van der Waals surface area (Å²) in [4.78, 5) is 14.5. The molecule has 0 aliphatic rings. The highest BCUT2D eigenvalue weighted by molar-refractivity contribution is 9.11. The van der Waals surface area contributed by atoms with Gasteiger partial charge < -0.3 is 4.74 Å². The lowest BCUT2D eigenvalue weighted by atomic mass is 10.1. The summed E-state index contributed by atoms with van der Waals surface area (Å²) in [5, 5.41) is 12.8. The summed E-state index contributed by atoms with van der Waals surface area (Å²) in [7, 11) is 0. The molecule has 0 spiro atoms. The molecule has 3 rings (SSSR count). The average Bonchev–Trinajstić information content (AvgIpc) is 2.53. The van der Waals surface area contributed by atoms with E-state index in [1.165, 1.54) is 18.3 Å². The molecule has 0 saturated carbocycles. The summed E-state index contributed by atoms with van der Waals surface area (Å²) in [6.07, 6.45) is 1.52. The molecule has 0 unspecified atom stereocenters. The van der Waals surface area contributed by atoms with Crippen LogP contribution in [-0.4, -0.2) is 9.91 Å². The van der Waals surface area contributed by atoms with Crippen molar-refractivity contribution in [1.82, 2.24) is 4.98 Å². The van der Waals surface area contributed by atoms with E-state index in [-0.39, 0.29) is 5.69 Å². The maximum Gasteiger partial charge on any atom is 0.271 e. The first kappa shape index (κ1) is 16.2. The van der Waals surface area contributed by atoms with Gasteiger partial charge in [-0.05, 0) is 31.9 Å². The fourth-order valence-electron chi connectivity index (χ4n) is 2.07. The molecule has 2 aromatic carbocycles. The molecule has 0 amide bonds. The van der Waals surface area contributed by atoms with Crippen molar-refractivity contribution in [1.29, 1.82) is 0 Å². The minimum Gasteiger partial charge on any atom is -0.453 e. The Balaban J connectivity index is 2.10. The Morgan fingerprint density at radius 2 is 1.74 bits per heavy atom. The van der Waals surface area contributed by atoms with Crippen LogP contribution in [-0.2, 0) is 0 Å². The van der Waals surface area contributed by atoms with Crippen LogP contribution in [0.2, 0.25) is 5.15 Å². The van der Waals surface area contributed by atoms with Crippen LogP contribution in [0.1, 0.15) is 0 Å². The number of nitro benzene ring substituents is 1. The number of non-ortho nitro benzene ring substituents is 1. The minimum absolute atomic E-state index is 0.0461. The predicted octanol–water partition coefficient (Wildman–Crippen LogP) is 6.11. The highest BCUT2D eigenvalue weighted by atomic mass is 79.9. The first-order valence-electron chi connectivity index (χ1n) is 6.32. The molecule has 0 aliphatic carbocycles. The number of pyridine rings is 1. The number of rotatable bonds is 3. The van der Waals surface area contributed by atoms with Crippen LogP contribution in [0.25, 0.3) is 10.8 Å². The fraction of sp³-hybridized carbons (Fsp3) is 0. The smallest absolute Gasteiger partial charge is 0.271 e. The first-order chi connectivity index (χ1) is 11.0. The number of halogens is 3. The van der Waals surface area contributed by atoms with Crippen molar-refractivity contribution in [2.75, 3.05) is 0 Å². The SMILES string of the molecule is O=[N+]([O-])c1cc(Br)c(Oc2cnc(Cl)c3ccccc23)c(Br)c1. The number of fused-ring (bicyclic) bond motifs is 1. The zero-order chi connectivity index (χ0) is 16.6. The molecular weight excluding hydrogens is 451 g/mol. The number of ether oxygens (including phenoxy) is 1. The van der Waals surface area contributed by atoms with Gasteiger partial charge in [0.25, 0.3) is 5.69 Å². The van der Waals surface area contributed by atoms with E-state index < -0.39 is 4.92 Å². The molecule has 1 aromatic heterocycles. The summed E-state index contributed by atoms with van der Waals surface area (Å²) >= 11 is 12.7. The number of hydrogen-bond donors (Lipinski definition) is 0. The topological polar surface area (TPSA) is 65.3 Å². The number of nitro groups is 1. The second-order valence-corrected chi connectivity index (χ2v) is 6.62. The highest BCUT2D eigenvalue weighted by Crippen LogP contribution is 2.41. The lowest BCUT2D eigenvalue weighted by molar-refractivity contribution is -0.385. The molecular formula is C15H7Br2ClN2O3. The summed E-state index contributed by atoms with van der Waals surface area (Å²) in [6.45, 7) is 0. The molecule has 0 fully saturated rings. The van der Waals surface area contributed by atoms with E-state index in [4.69, 9.17) is 16.3 Å². The number of hydrogen-bond acceptors (Lipinski definition) is 4. The quantitative estimate of drug-likeness (QED) is 0.270. The van der Waals surface area contributed by atoms with Crippen LogP contribution >= 0.6 is 43.5 Å². The molecule has 23 heavy (non-hydrogen) atoms. The Labute approximate surface area is 152 Å². The second kappa shape index (κ2) is 6.43. The van der Waals surface area contributed by atoms with Crippen LogP contribution in [0.4, 0.5) is 5.69 Å². The summed E-state index contributed by atoms with van der Waals surface area (Å²) < 4.78 is 6.82. The van der Waals surface area contributed by atoms with E-state index in [9.17, 15) is 10.1 Å². The van der Waals surface area contributed by atoms with Crippen LogP contribution in [0.15, 0.2) is 51.5 Å². The lowest BCUT2D eigenvalue weighted by Crippen LogP contribution is -1.93. The van der Waals surface area contributed by atoms with Crippen LogP contribution in [0.3, 0.4) is 0 Å². The standard InChI is InChI=1S/C15H7Br2ClN2O3/c16-11-5-8(20(21)22)6-12(17)14(11)23-13-7-19-15(18)10-4-2-1-3-9(10)13/h1-7H. The molecule has 3 aromatic rings. The van der Waals surface area contributed by atoms with Gasteiger partial charge in [-0.1, -0.05) is 35.9 Å².